The fourth-order valence-corrected chi connectivity index (χ4v) is 4.22. The molecular weight excluding hydrogens is 364 g/mol. The molecular formula is C16H17BrN2O2S. The van der Waals surface area contributed by atoms with Crippen LogP contribution in [0, 0.1) is 0 Å². The second kappa shape index (κ2) is 5.01. The highest BCUT2D eigenvalue weighted by atomic mass is 79.9. The average molecular weight is 381 g/mol. The number of nitrogens with one attached hydrogen (secondary N) is 1. The Morgan fingerprint density at radius 3 is 2.95 bits per heavy atom. The van der Waals surface area contributed by atoms with Crippen molar-refractivity contribution < 1.29 is 9.47 Å². The lowest BCUT2D eigenvalue weighted by Crippen LogP contribution is -2.56. The van der Waals surface area contributed by atoms with E-state index >= 15 is 0 Å². The highest BCUT2D eigenvalue weighted by Gasteiger charge is 2.53. The predicted molar refractivity (Wildman–Crippen MR) is 92.7 cm³/mol. The van der Waals surface area contributed by atoms with E-state index in [9.17, 15) is 0 Å². The third kappa shape index (κ3) is 2.20. The SMILES string of the molecule is CC1=NC2(CC3(CCCOC3)Oc3ccc(Br)cc32)NC1=S. The second-order valence-corrected chi connectivity index (χ2v) is 7.59. The number of benzene rings is 1. The molecule has 1 fully saturated rings. The number of thiocarbonyl (C=S) groups is 1. The number of hydrogen-bond acceptors (Lipinski definition) is 4. The Kier molecular flexibility index (Phi) is 3.33. The number of ether oxygens (including phenoxy) is 2. The summed E-state index contributed by atoms with van der Waals surface area (Å²) in [6.45, 7) is 3.37. The lowest BCUT2D eigenvalue weighted by atomic mass is 9.80. The maximum Gasteiger partial charge on any atom is 0.164 e. The van der Waals surface area contributed by atoms with Crippen molar-refractivity contribution in [2.75, 3.05) is 13.2 Å². The Labute approximate surface area is 143 Å². The summed E-state index contributed by atoms with van der Waals surface area (Å²) in [4.78, 5) is 5.62. The van der Waals surface area contributed by atoms with Crippen LogP contribution in [0.1, 0.15) is 31.7 Å². The third-order valence-corrected chi connectivity index (χ3v) is 5.48. The van der Waals surface area contributed by atoms with Crippen molar-refractivity contribution >= 4 is 38.8 Å². The van der Waals surface area contributed by atoms with Gasteiger partial charge in [-0.2, -0.15) is 0 Å². The molecule has 0 radical (unpaired) electrons. The highest BCUT2D eigenvalue weighted by molar-refractivity contribution is 9.10. The first-order chi connectivity index (χ1) is 10.5. The molecule has 0 amide bonds. The summed E-state index contributed by atoms with van der Waals surface area (Å²) in [6.07, 6.45) is 2.73. The van der Waals surface area contributed by atoms with Crippen LogP contribution in [0.2, 0.25) is 0 Å². The zero-order valence-electron chi connectivity index (χ0n) is 12.3. The van der Waals surface area contributed by atoms with Crippen LogP contribution in [-0.2, 0) is 10.4 Å². The van der Waals surface area contributed by atoms with Gasteiger partial charge in [0, 0.05) is 23.1 Å². The first-order valence-corrected chi connectivity index (χ1v) is 8.68. The van der Waals surface area contributed by atoms with Crippen LogP contribution in [-0.4, -0.2) is 29.5 Å². The molecule has 0 aromatic heterocycles. The van der Waals surface area contributed by atoms with Gasteiger partial charge >= 0.3 is 0 Å². The van der Waals surface area contributed by atoms with E-state index in [4.69, 9.17) is 26.7 Å². The summed E-state index contributed by atoms with van der Waals surface area (Å²) in [5.74, 6) is 0.869. The minimum atomic E-state index is -0.529. The molecule has 0 bridgehead atoms. The largest absolute Gasteiger partial charge is 0.484 e. The fourth-order valence-electron chi connectivity index (χ4n) is 3.65. The Morgan fingerprint density at radius 2 is 2.27 bits per heavy atom. The normalized spacial score (nSPS) is 33.4. The van der Waals surface area contributed by atoms with Crippen molar-refractivity contribution in [3.8, 4) is 5.75 Å². The molecule has 2 unspecified atom stereocenters. The van der Waals surface area contributed by atoms with Gasteiger partial charge in [-0.3, -0.25) is 4.99 Å². The topological polar surface area (TPSA) is 42.9 Å². The molecule has 22 heavy (non-hydrogen) atoms. The molecule has 4 nitrogen and oxygen atoms in total. The predicted octanol–water partition coefficient (Wildman–Crippen LogP) is 3.33. The Balaban J connectivity index is 1.86. The van der Waals surface area contributed by atoms with Crippen molar-refractivity contribution in [1.29, 1.82) is 0 Å². The van der Waals surface area contributed by atoms with Crippen LogP contribution in [0.25, 0.3) is 0 Å². The zero-order chi connectivity index (χ0) is 15.4. The fraction of sp³-hybridized carbons (Fsp3) is 0.500. The number of hydrogen-bond donors (Lipinski definition) is 1. The maximum absolute atomic E-state index is 6.37. The first-order valence-electron chi connectivity index (χ1n) is 7.48. The molecule has 3 aliphatic rings. The highest BCUT2D eigenvalue weighted by Crippen LogP contribution is 2.49. The molecule has 0 saturated carbocycles. The van der Waals surface area contributed by atoms with Gasteiger partial charge in [0.2, 0.25) is 0 Å². The minimum absolute atomic E-state index is 0.324. The molecule has 3 aliphatic heterocycles. The van der Waals surface area contributed by atoms with Crippen LogP contribution >= 0.6 is 28.1 Å². The van der Waals surface area contributed by atoms with E-state index < -0.39 is 5.66 Å². The summed E-state index contributed by atoms with van der Waals surface area (Å²) in [5, 5.41) is 3.45. The van der Waals surface area contributed by atoms with Crippen molar-refractivity contribution in [3.05, 3.63) is 28.2 Å². The van der Waals surface area contributed by atoms with E-state index in [1.807, 2.05) is 19.1 Å². The van der Waals surface area contributed by atoms with Crippen molar-refractivity contribution in [3.63, 3.8) is 0 Å². The Bertz CT molecular complexity index is 685. The van der Waals surface area contributed by atoms with Crippen LogP contribution in [0.5, 0.6) is 5.75 Å². The summed E-state index contributed by atoms with van der Waals surface area (Å²) in [7, 11) is 0. The summed E-state index contributed by atoms with van der Waals surface area (Å²) < 4.78 is 13.1. The minimum Gasteiger partial charge on any atom is -0.484 e. The van der Waals surface area contributed by atoms with Gasteiger partial charge < -0.3 is 14.8 Å². The van der Waals surface area contributed by atoms with Gasteiger partial charge in [-0.1, -0.05) is 28.1 Å². The number of halogens is 1. The van der Waals surface area contributed by atoms with Crippen LogP contribution in [0.15, 0.2) is 27.7 Å². The van der Waals surface area contributed by atoms with Crippen LogP contribution in [0.4, 0.5) is 0 Å². The van der Waals surface area contributed by atoms with E-state index in [0.29, 0.717) is 6.61 Å². The van der Waals surface area contributed by atoms with Gasteiger partial charge in [0.25, 0.3) is 0 Å². The molecule has 116 valence electrons. The van der Waals surface area contributed by atoms with E-state index in [1.165, 1.54) is 0 Å². The first kappa shape index (κ1) is 14.6. The molecule has 1 N–H and O–H groups in total. The lowest BCUT2D eigenvalue weighted by molar-refractivity contribution is -0.0949. The van der Waals surface area contributed by atoms with Crippen molar-refractivity contribution in [2.24, 2.45) is 4.99 Å². The van der Waals surface area contributed by atoms with Gasteiger partial charge in [-0.15, -0.1) is 0 Å². The van der Waals surface area contributed by atoms with Crippen molar-refractivity contribution in [1.82, 2.24) is 5.32 Å². The molecule has 2 atom stereocenters. The monoisotopic (exact) mass is 380 g/mol. The van der Waals surface area contributed by atoms with E-state index in [1.54, 1.807) is 0 Å². The number of nitrogens with zero attached hydrogens (tertiary/aromatic N) is 1. The van der Waals surface area contributed by atoms with E-state index in [0.717, 1.165) is 52.4 Å². The molecule has 1 aromatic rings. The molecule has 2 spiro atoms. The van der Waals surface area contributed by atoms with E-state index in [2.05, 4.69) is 27.3 Å². The summed E-state index contributed by atoms with van der Waals surface area (Å²) in [5.41, 5.74) is 1.07. The Morgan fingerprint density at radius 1 is 1.41 bits per heavy atom. The zero-order valence-corrected chi connectivity index (χ0v) is 14.7. The second-order valence-electron chi connectivity index (χ2n) is 6.27. The molecule has 0 aliphatic carbocycles. The van der Waals surface area contributed by atoms with Crippen LogP contribution in [0.3, 0.4) is 0 Å². The van der Waals surface area contributed by atoms with Gasteiger partial charge in [-0.05, 0) is 38.0 Å². The lowest BCUT2D eigenvalue weighted by Gasteiger charge is -2.47. The smallest absolute Gasteiger partial charge is 0.164 e. The van der Waals surface area contributed by atoms with E-state index in [-0.39, 0.29) is 5.60 Å². The maximum atomic E-state index is 6.37. The molecule has 1 saturated heterocycles. The third-order valence-electron chi connectivity index (χ3n) is 4.59. The van der Waals surface area contributed by atoms with Gasteiger partial charge in [0.05, 0.1) is 12.3 Å². The van der Waals surface area contributed by atoms with Crippen LogP contribution < -0.4 is 10.1 Å². The van der Waals surface area contributed by atoms with Crippen molar-refractivity contribution in [2.45, 2.75) is 37.5 Å². The standard InChI is InChI=1S/C16H17BrN2O2S/c1-10-14(22)19-16(18-10)8-15(5-2-6-20-9-15)21-13-4-3-11(17)7-12(13)16/h3-4,7H,2,5-6,8-9H2,1H3,(H,19,22). The number of fused-ring (bicyclic) bond motifs is 2. The quantitative estimate of drug-likeness (QED) is 0.701. The Hall–Kier alpha value is -0.980. The van der Waals surface area contributed by atoms with Gasteiger partial charge in [0.1, 0.15) is 16.3 Å². The van der Waals surface area contributed by atoms with Gasteiger partial charge in [-0.25, -0.2) is 0 Å². The van der Waals surface area contributed by atoms with Gasteiger partial charge in [0.15, 0.2) is 5.66 Å². The summed E-state index contributed by atoms with van der Waals surface area (Å²) >= 11 is 8.97. The number of rotatable bonds is 0. The molecule has 4 rings (SSSR count). The summed E-state index contributed by atoms with van der Waals surface area (Å²) in [6, 6.07) is 6.08. The molecule has 6 heteroatoms. The average Bonchev–Trinajstić information content (AvgIpc) is 2.76. The molecule has 3 heterocycles. The molecule has 1 aromatic carbocycles. The number of aliphatic imine (C=N–C) groups is 1.